The monoisotopic (exact) mass is 348 g/mol. The van der Waals surface area contributed by atoms with Gasteiger partial charge in [-0.2, -0.15) is 0 Å². The molecule has 7 nitrogen and oxygen atoms in total. The third kappa shape index (κ3) is 6.36. The second-order valence-corrected chi connectivity index (χ2v) is 6.28. The zero-order valence-electron chi connectivity index (χ0n) is 14.8. The number of amides is 2. The van der Waals surface area contributed by atoms with Gasteiger partial charge in [-0.1, -0.05) is 12.1 Å². The van der Waals surface area contributed by atoms with Crippen molar-refractivity contribution in [3.63, 3.8) is 0 Å². The van der Waals surface area contributed by atoms with Crippen LogP contribution in [0.3, 0.4) is 0 Å². The van der Waals surface area contributed by atoms with Gasteiger partial charge in [-0.05, 0) is 37.1 Å². The van der Waals surface area contributed by atoms with Gasteiger partial charge in [-0.3, -0.25) is 14.5 Å². The molecule has 0 aromatic heterocycles. The van der Waals surface area contributed by atoms with E-state index in [0.717, 1.165) is 30.7 Å². The SMILES string of the molecule is COc1cccc(CNC(=O)CN2CCCC(C(=O)NCCN)C2)c1. The standard InChI is InChI=1S/C18H28N4O3/c1-25-16-6-2-4-14(10-16)11-21-17(23)13-22-9-3-5-15(12-22)18(24)20-8-7-19/h2,4,6,10,15H,3,5,7-9,11-13,19H2,1H3,(H,20,24)(H,21,23). The summed E-state index contributed by atoms with van der Waals surface area (Å²) >= 11 is 0. The Balaban J connectivity index is 1.76. The van der Waals surface area contributed by atoms with Gasteiger partial charge < -0.3 is 21.1 Å². The molecule has 1 unspecified atom stereocenters. The Kier molecular flexibility index (Phi) is 7.69. The molecule has 0 aliphatic carbocycles. The number of methoxy groups -OCH3 is 1. The zero-order chi connectivity index (χ0) is 18.1. The molecular formula is C18H28N4O3. The second kappa shape index (κ2) is 10.0. The van der Waals surface area contributed by atoms with Gasteiger partial charge in [-0.15, -0.1) is 0 Å². The highest BCUT2D eigenvalue weighted by atomic mass is 16.5. The number of piperidine rings is 1. The number of hydrogen-bond donors (Lipinski definition) is 3. The van der Waals surface area contributed by atoms with Crippen molar-refractivity contribution < 1.29 is 14.3 Å². The van der Waals surface area contributed by atoms with Crippen LogP contribution in [-0.4, -0.2) is 56.5 Å². The number of rotatable bonds is 8. The molecule has 2 rings (SSSR count). The maximum absolute atomic E-state index is 12.2. The number of carbonyl (C=O) groups excluding carboxylic acids is 2. The van der Waals surface area contributed by atoms with Crippen molar-refractivity contribution >= 4 is 11.8 Å². The lowest BCUT2D eigenvalue weighted by molar-refractivity contribution is -0.128. The first kappa shape index (κ1) is 19.2. The highest BCUT2D eigenvalue weighted by Gasteiger charge is 2.26. The Labute approximate surface area is 148 Å². The Morgan fingerprint density at radius 2 is 2.20 bits per heavy atom. The fourth-order valence-electron chi connectivity index (χ4n) is 2.99. The van der Waals surface area contributed by atoms with E-state index < -0.39 is 0 Å². The smallest absolute Gasteiger partial charge is 0.234 e. The molecule has 0 saturated carbocycles. The fourth-order valence-corrected chi connectivity index (χ4v) is 2.99. The molecule has 7 heteroatoms. The van der Waals surface area contributed by atoms with Gasteiger partial charge in [0.15, 0.2) is 0 Å². The quantitative estimate of drug-likeness (QED) is 0.619. The minimum atomic E-state index is -0.0634. The topological polar surface area (TPSA) is 96.7 Å². The van der Waals surface area contributed by atoms with Gasteiger partial charge in [0.25, 0.3) is 0 Å². The molecule has 4 N–H and O–H groups in total. The van der Waals surface area contributed by atoms with E-state index in [1.165, 1.54) is 0 Å². The molecule has 1 aliphatic rings. The van der Waals surface area contributed by atoms with Crippen LogP contribution >= 0.6 is 0 Å². The van der Waals surface area contributed by atoms with E-state index >= 15 is 0 Å². The molecule has 0 bridgehead atoms. The second-order valence-electron chi connectivity index (χ2n) is 6.28. The Morgan fingerprint density at radius 3 is 2.96 bits per heavy atom. The molecule has 1 aliphatic heterocycles. The molecule has 1 atom stereocenters. The summed E-state index contributed by atoms with van der Waals surface area (Å²) in [5.41, 5.74) is 6.40. The van der Waals surface area contributed by atoms with Crippen molar-refractivity contribution in [3.8, 4) is 5.75 Å². The summed E-state index contributed by atoms with van der Waals surface area (Å²) in [6.45, 7) is 3.16. The van der Waals surface area contributed by atoms with Gasteiger partial charge in [0.05, 0.1) is 19.6 Å². The van der Waals surface area contributed by atoms with Crippen LogP contribution in [-0.2, 0) is 16.1 Å². The maximum Gasteiger partial charge on any atom is 0.234 e. The van der Waals surface area contributed by atoms with Gasteiger partial charge in [-0.25, -0.2) is 0 Å². The number of ether oxygens (including phenoxy) is 1. The molecule has 1 heterocycles. The first-order chi connectivity index (χ1) is 12.1. The van der Waals surface area contributed by atoms with Gasteiger partial charge >= 0.3 is 0 Å². The van der Waals surface area contributed by atoms with Crippen molar-refractivity contribution in [3.05, 3.63) is 29.8 Å². The molecule has 1 fully saturated rings. The minimum Gasteiger partial charge on any atom is -0.497 e. The molecule has 25 heavy (non-hydrogen) atoms. The third-order valence-corrected chi connectivity index (χ3v) is 4.31. The fraction of sp³-hybridized carbons (Fsp3) is 0.556. The average molecular weight is 348 g/mol. The Morgan fingerprint density at radius 1 is 1.36 bits per heavy atom. The van der Waals surface area contributed by atoms with E-state index in [0.29, 0.717) is 32.7 Å². The molecule has 1 aromatic carbocycles. The van der Waals surface area contributed by atoms with Crippen LogP contribution in [0.4, 0.5) is 0 Å². The van der Waals surface area contributed by atoms with E-state index in [1.54, 1.807) is 7.11 Å². The number of carbonyl (C=O) groups is 2. The number of likely N-dealkylation sites (tertiary alicyclic amines) is 1. The van der Waals surface area contributed by atoms with Crippen LogP contribution in [0.5, 0.6) is 5.75 Å². The summed E-state index contributed by atoms with van der Waals surface area (Å²) in [6, 6.07) is 7.62. The Hall–Kier alpha value is -2.12. The molecule has 0 radical (unpaired) electrons. The summed E-state index contributed by atoms with van der Waals surface area (Å²) in [5.74, 6) is 0.707. The number of hydrogen-bond acceptors (Lipinski definition) is 5. The maximum atomic E-state index is 12.2. The minimum absolute atomic E-state index is 0.0342. The van der Waals surface area contributed by atoms with Crippen molar-refractivity contribution in [1.29, 1.82) is 0 Å². The molecular weight excluding hydrogens is 320 g/mol. The van der Waals surface area contributed by atoms with Crippen LogP contribution in [0, 0.1) is 5.92 Å². The molecule has 138 valence electrons. The number of nitrogens with two attached hydrogens (primary N) is 1. The molecule has 0 spiro atoms. The highest BCUT2D eigenvalue weighted by molar-refractivity contribution is 5.80. The van der Waals surface area contributed by atoms with Crippen LogP contribution in [0.2, 0.25) is 0 Å². The zero-order valence-corrected chi connectivity index (χ0v) is 14.8. The average Bonchev–Trinajstić information content (AvgIpc) is 2.64. The van der Waals surface area contributed by atoms with Gasteiger partial charge in [0.1, 0.15) is 5.75 Å². The number of benzene rings is 1. The van der Waals surface area contributed by atoms with Crippen molar-refractivity contribution in [1.82, 2.24) is 15.5 Å². The van der Waals surface area contributed by atoms with Crippen molar-refractivity contribution in [2.45, 2.75) is 19.4 Å². The lowest BCUT2D eigenvalue weighted by Crippen LogP contribution is -2.47. The third-order valence-electron chi connectivity index (χ3n) is 4.31. The summed E-state index contributed by atoms with van der Waals surface area (Å²) in [6.07, 6.45) is 1.78. The normalized spacial score (nSPS) is 17.8. The van der Waals surface area contributed by atoms with E-state index in [1.807, 2.05) is 29.2 Å². The Bertz CT molecular complexity index is 579. The molecule has 1 aromatic rings. The summed E-state index contributed by atoms with van der Waals surface area (Å²) in [4.78, 5) is 26.3. The highest BCUT2D eigenvalue weighted by Crippen LogP contribution is 2.16. The molecule has 2 amide bonds. The summed E-state index contributed by atoms with van der Waals surface area (Å²) in [5, 5.41) is 5.75. The van der Waals surface area contributed by atoms with E-state index in [9.17, 15) is 9.59 Å². The van der Waals surface area contributed by atoms with Crippen LogP contribution in [0.25, 0.3) is 0 Å². The largest absolute Gasteiger partial charge is 0.497 e. The van der Waals surface area contributed by atoms with Crippen LogP contribution < -0.4 is 21.1 Å². The van der Waals surface area contributed by atoms with Crippen LogP contribution in [0.15, 0.2) is 24.3 Å². The predicted octanol–water partition coefficient (Wildman–Crippen LogP) is 0.0983. The van der Waals surface area contributed by atoms with Crippen molar-refractivity contribution in [2.75, 3.05) is 39.8 Å². The molecule has 1 saturated heterocycles. The number of nitrogens with zero attached hydrogens (tertiary/aromatic N) is 1. The predicted molar refractivity (Wildman–Crippen MR) is 96.1 cm³/mol. The van der Waals surface area contributed by atoms with E-state index in [-0.39, 0.29) is 17.7 Å². The van der Waals surface area contributed by atoms with E-state index in [2.05, 4.69) is 10.6 Å². The van der Waals surface area contributed by atoms with Crippen molar-refractivity contribution in [2.24, 2.45) is 11.7 Å². The van der Waals surface area contributed by atoms with E-state index in [4.69, 9.17) is 10.5 Å². The van der Waals surface area contributed by atoms with Gasteiger partial charge in [0, 0.05) is 26.2 Å². The first-order valence-corrected chi connectivity index (χ1v) is 8.72. The lowest BCUT2D eigenvalue weighted by Gasteiger charge is -2.31. The summed E-state index contributed by atoms with van der Waals surface area (Å²) in [7, 11) is 1.62. The lowest BCUT2D eigenvalue weighted by atomic mass is 9.97. The van der Waals surface area contributed by atoms with Crippen LogP contribution in [0.1, 0.15) is 18.4 Å². The number of nitrogens with one attached hydrogen (secondary N) is 2. The summed E-state index contributed by atoms with van der Waals surface area (Å²) < 4.78 is 5.18. The first-order valence-electron chi connectivity index (χ1n) is 8.72. The van der Waals surface area contributed by atoms with Gasteiger partial charge in [0.2, 0.25) is 11.8 Å².